The molecule has 1 rings (SSSR count). The van der Waals surface area contributed by atoms with Crippen molar-refractivity contribution in [3.8, 4) is 0 Å². The molecule has 1 aliphatic heterocycles. The smallest absolute Gasteiger partial charge is 0.191 e. The van der Waals surface area contributed by atoms with Crippen molar-refractivity contribution in [2.75, 3.05) is 46.4 Å². The quantitative estimate of drug-likeness (QED) is 0.386. The first-order chi connectivity index (χ1) is 10.2. The second-order valence-corrected chi connectivity index (χ2v) is 6.18. The average molecular weight is 298 g/mol. The van der Waals surface area contributed by atoms with Crippen LogP contribution in [0.15, 0.2) is 4.99 Å². The number of aliphatic imine (C=N–C) groups is 1. The summed E-state index contributed by atoms with van der Waals surface area (Å²) in [6.45, 7) is 12.6. The molecule has 1 heterocycles. The summed E-state index contributed by atoms with van der Waals surface area (Å²) in [5.74, 6) is 1.67. The molecule has 0 aliphatic carbocycles. The molecule has 0 spiro atoms. The molecule has 21 heavy (non-hydrogen) atoms. The second kappa shape index (κ2) is 10.9. The maximum Gasteiger partial charge on any atom is 0.191 e. The largest absolute Gasteiger partial charge is 0.385 e. The molecule has 0 aromatic rings. The Labute approximate surface area is 130 Å². The maximum atomic E-state index is 5.07. The van der Waals surface area contributed by atoms with E-state index < -0.39 is 0 Å². The van der Waals surface area contributed by atoms with Crippen molar-refractivity contribution >= 4 is 5.96 Å². The second-order valence-electron chi connectivity index (χ2n) is 6.18. The zero-order valence-electron chi connectivity index (χ0n) is 14.3. The topological polar surface area (TPSA) is 48.9 Å². The number of nitrogens with one attached hydrogen (secondary N) is 2. The molecule has 0 aromatic heterocycles. The Bertz CT molecular complexity index is 294. The van der Waals surface area contributed by atoms with Gasteiger partial charge in [0.2, 0.25) is 0 Å². The minimum Gasteiger partial charge on any atom is -0.385 e. The lowest BCUT2D eigenvalue weighted by Crippen LogP contribution is -2.40. The zero-order valence-corrected chi connectivity index (χ0v) is 14.3. The van der Waals surface area contributed by atoms with Crippen molar-refractivity contribution in [2.24, 2.45) is 10.9 Å². The number of likely N-dealkylation sites (tertiary alicyclic amines) is 1. The Morgan fingerprint density at radius 3 is 2.86 bits per heavy atom. The minimum absolute atomic E-state index is 0.613. The van der Waals surface area contributed by atoms with Crippen LogP contribution in [0.1, 0.15) is 40.0 Å². The first-order valence-electron chi connectivity index (χ1n) is 8.42. The van der Waals surface area contributed by atoms with Gasteiger partial charge >= 0.3 is 0 Å². The zero-order chi connectivity index (χ0) is 15.5. The van der Waals surface area contributed by atoms with E-state index in [4.69, 9.17) is 9.73 Å². The van der Waals surface area contributed by atoms with Crippen LogP contribution in [0.25, 0.3) is 0 Å². The number of hydrogen-bond donors (Lipinski definition) is 2. The summed E-state index contributed by atoms with van der Waals surface area (Å²) in [6, 6.07) is 0.613. The van der Waals surface area contributed by atoms with Gasteiger partial charge in [0.1, 0.15) is 0 Å². The standard InChI is InChI=1S/C16H34N4O/c1-5-17-16(18-9-7-11-21-4)19-12-15-8-6-10-20(15)13-14(2)3/h14-15H,5-13H2,1-4H3,(H2,17,18,19)/t15-/m1/s1. The molecule has 0 amide bonds. The van der Waals surface area contributed by atoms with E-state index in [1.165, 1.54) is 25.9 Å². The molecule has 0 unspecified atom stereocenters. The third-order valence-electron chi connectivity index (χ3n) is 3.72. The van der Waals surface area contributed by atoms with Gasteiger partial charge < -0.3 is 15.4 Å². The average Bonchev–Trinajstić information content (AvgIpc) is 2.87. The van der Waals surface area contributed by atoms with E-state index in [-0.39, 0.29) is 0 Å². The third kappa shape index (κ3) is 7.67. The fourth-order valence-corrected chi connectivity index (χ4v) is 2.77. The van der Waals surface area contributed by atoms with Crippen LogP contribution in [0.4, 0.5) is 0 Å². The van der Waals surface area contributed by atoms with Gasteiger partial charge in [-0.25, -0.2) is 0 Å². The van der Waals surface area contributed by atoms with E-state index in [1.54, 1.807) is 7.11 Å². The van der Waals surface area contributed by atoms with Crippen molar-refractivity contribution in [3.05, 3.63) is 0 Å². The predicted molar refractivity (Wildman–Crippen MR) is 89.9 cm³/mol. The molecule has 0 saturated carbocycles. The molecule has 1 aliphatic rings. The van der Waals surface area contributed by atoms with E-state index in [0.717, 1.165) is 44.5 Å². The molecule has 2 N–H and O–H groups in total. The van der Waals surface area contributed by atoms with Gasteiger partial charge in [0.15, 0.2) is 5.96 Å². The normalized spacial score (nSPS) is 20.2. The summed E-state index contributed by atoms with van der Waals surface area (Å²) >= 11 is 0. The minimum atomic E-state index is 0.613. The Kier molecular flexibility index (Phi) is 9.42. The number of methoxy groups -OCH3 is 1. The van der Waals surface area contributed by atoms with Gasteiger partial charge in [-0.1, -0.05) is 13.8 Å². The van der Waals surface area contributed by atoms with Crippen LogP contribution in [0.3, 0.4) is 0 Å². The molecular weight excluding hydrogens is 264 g/mol. The molecule has 124 valence electrons. The van der Waals surface area contributed by atoms with Crippen LogP contribution in [0, 0.1) is 5.92 Å². The van der Waals surface area contributed by atoms with Crippen molar-refractivity contribution in [2.45, 2.75) is 46.1 Å². The van der Waals surface area contributed by atoms with Crippen molar-refractivity contribution in [1.82, 2.24) is 15.5 Å². The molecule has 0 radical (unpaired) electrons. The fraction of sp³-hybridized carbons (Fsp3) is 0.938. The van der Waals surface area contributed by atoms with Crippen LogP contribution in [0.5, 0.6) is 0 Å². The number of rotatable bonds is 9. The molecular formula is C16H34N4O. The summed E-state index contributed by atoms with van der Waals surface area (Å²) in [5, 5.41) is 6.69. The summed E-state index contributed by atoms with van der Waals surface area (Å²) in [7, 11) is 1.74. The van der Waals surface area contributed by atoms with E-state index in [9.17, 15) is 0 Å². The lowest BCUT2D eigenvalue weighted by atomic mass is 10.2. The molecule has 0 aromatic carbocycles. The number of ether oxygens (including phenoxy) is 1. The lowest BCUT2D eigenvalue weighted by Gasteiger charge is -2.25. The highest BCUT2D eigenvalue weighted by molar-refractivity contribution is 5.79. The van der Waals surface area contributed by atoms with E-state index in [0.29, 0.717) is 6.04 Å². The van der Waals surface area contributed by atoms with E-state index >= 15 is 0 Å². The Morgan fingerprint density at radius 1 is 1.38 bits per heavy atom. The number of hydrogen-bond acceptors (Lipinski definition) is 3. The van der Waals surface area contributed by atoms with Crippen LogP contribution in [-0.2, 0) is 4.74 Å². The van der Waals surface area contributed by atoms with Gasteiger partial charge in [-0.15, -0.1) is 0 Å². The highest BCUT2D eigenvalue weighted by Crippen LogP contribution is 2.18. The molecule has 1 saturated heterocycles. The molecule has 0 bridgehead atoms. The summed E-state index contributed by atoms with van der Waals surface area (Å²) in [6.07, 6.45) is 3.59. The van der Waals surface area contributed by atoms with Gasteiger partial charge in [-0.05, 0) is 38.6 Å². The number of nitrogens with zero attached hydrogens (tertiary/aromatic N) is 2. The SMILES string of the molecule is CCNC(=NC[C@H]1CCCN1CC(C)C)NCCCOC. The molecule has 5 heteroatoms. The van der Waals surface area contributed by atoms with E-state index in [1.807, 2.05) is 0 Å². The Morgan fingerprint density at radius 2 is 2.19 bits per heavy atom. The predicted octanol–water partition coefficient (Wildman–Crippen LogP) is 1.70. The monoisotopic (exact) mass is 298 g/mol. The highest BCUT2D eigenvalue weighted by Gasteiger charge is 2.24. The maximum absolute atomic E-state index is 5.07. The number of guanidine groups is 1. The fourth-order valence-electron chi connectivity index (χ4n) is 2.77. The van der Waals surface area contributed by atoms with Crippen molar-refractivity contribution < 1.29 is 4.74 Å². The Hall–Kier alpha value is -0.810. The first-order valence-corrected chi connectivity index (χ1v) is 8.42. The molecule has 1 fully saturated rings. The van der Waals surface area contributed by atoms with Crippen LogP contribution in [0.2, 0.25) is 0 Å². The van der Waals surface area contributed by atoms with Gasteiger partial charge in [-0.2, -0.15) is 0 Å². The molecule has 1 atom stereocenters. The van der Waals surface area contributed by atoms with Crippen molar-refractivity contribution in [3.63, 3.8) is 0 Å². The van der Waals surface area contributed by atoms with Crippen molar-refractivity contribution in [1.29, 1.82) is 0 Å². The van der Waals surface area contributed by atoms with Crippen LogP contribution in [-0.4, -0.2) is 63.3 Å². The lowest BCUT2D eigenvalue weighted by molar-refractivity contribution is 0.195. The van der Waals surface area contributed by atoms with Crippen LogP contribution < -0.4 is 10.6 Å². The van der Waals surface area contributed by atoms with Gasteiger partial charge in [-0.3, -0.25) is 9.89 Å². The third-order valence-corrected chi connectivity index (χ3v) is 3.72. The highest BCUT2D eigenvalue weighted by atomic mass is 16.5. The van der Waals surface area contributed by atoms with Crippen LogP contribution >= 0.6 is 0 Å². The summed E-state index contributed by atoms with van der Waals surface area (Å²) < 4.78 is 5.07. The first kappa shape index (κ1) is 18.2. The Balaban J connectivity index is 2.40. The molecule has 5 nitrogen and oxygen atoms in total. The van der Waals surface area contributed by atoms with Gasteiger partial charge in [0.25, 0.3) is 0 Å². The van der Waals surface area contributed by atoms with Gasteiger partial charge in [0.05, 0.1) is 6.54 Å². The summed E-state index contributed by atoms with van der Waals surface area (Å²) in [5.41, 5.74) is 0. The summed E-state index contributed by atoms with van der Waals surface area (Å²) in [4.78, 5) is 7.36. The van der Waals surface area contributed by atoms with E-state index in [2.05, 4.69) is 36.3 Å². The van der Waals surface area contributed by atoms with Gasteiger partial charge in [0, 0.05) is 39.4 Å².